The molecule has 220 valence electrons. The van der Waals surface area contributed by atoms with Crippen molar-refractivity contribution >= 4 is 64.1 Å². The molecule has 8 nitrogen and oxygen atoms in total. The first-order valence-corrected chi connectivity index (χ1v) is 14.3. The zero-order valence-electron chi connectivity index (χ0n) is 21.6. The number of nitrogens with zero attached hydrogens (tertiary/aromatic N) is 3. The minimum absolute atomic E-state index is 0.0438. The molecule has 42 heavy (non-hydrogen) atoms. The minimum Gasteiger partial charge on any atom is -0.494 e. The normalized spacial score (nSPS) is 11.3. The first-order valence-electron chi connectivity index (χ1n) is 12.2. The van der Waals surface area contributed by atoms with Crippen LogP contribution < -0.4 is 15.4 Å². The lowest BCUT2D eigenvalue weighted by Crippen LogP contribution is -2.25. The van der Waals surface area contributed by atoms with Gasteiger partial charge in [0.2, 0.25) is 5.91 Å². The Labute approximate surface area is 257 Å². The van der Waals surface area contributed by atoms with Gasteiger partial charge in [-0.05, 0) is 67.6 Å². The van der Waals surface area contributed by atoms with Crippen LogP contribution in [0.5, 0.6) is 5.75 Å². The van der Waals surface area contributed by atoms with E-state index in [9.17, 15) is 22.8 Å². The van der Waals surface area contributed by atoms with Crippen molar-refractivity contribution in [1.82, 2.24) is 20.1 Å². The molecule has 0 saturated heterocycles. The molecule has 4 rings (SSSR count). The Kier molecular flexibility index (Phi) is 10.3. The standard InChI is InChI=1S/C27H21Cl3F3N5O3S/c1-2-41-18-7-5-17(6-8-18)38-23(13-34-25(40)19-9-4-16(28)12-21(19)30)36-37-26(38)42-14-24(39)35-22-11-15(27(31,32)33)3-10-20(22)29/h3-12H,2,13-14H2,1H3,(H,34,40)(H,35,39). The molecule has 2 N–H and O–H groups in total. The number of benzene rings is 3. The van der Waals surface area contributed by atoms with Gasteiger partial charge in [0.05, 0.1) is 45.8 Å². The quantitative estimate of drug-likeness (QED) is 0.174. The molecule has 0 radical (unpaired) electrons. The van der Waals surface area contributed by atoms with E-state index in [1.54, 1.807) is 28.8 Å². The number of anilines is 1. The van der Waals surface area contributed by atoms with Gasteiger partial charge >= 0.3 is 6.18 Å². The number of thioether (sulfide) groups is 1. The number of aromatic nitrogens is 3. The molecule has 15 heteroatoms. The highest BCUT2D eigenvalue weighted by molar-refractivity contribution is 7.99. The van der Waals surface area contributed by atoms with E-state index in [1.807, 2.05) is 6.92 Å². The fourth-order valence-electron chi connectivity index (χ4n) is 3.67. The highest BCUT2D eigenvalue weighted by Crippen LogP contribution is 2.34. The van der Waals surface area contributed by atoms with Crippen molar-refractivity contribution < 1.29 is 27.5 Å². The topological polar surface area (TPSA) is 98.1 Å². The van der Waals surface area contributed by atoms with E-state index in [4.69, 9.17) is 39.5 Å². The summed E-state index contributed by atoms with van der Waals surface area (Å²) in [5, 5.41) is 14.3. The van der Waals surface area contributed by atoms with Crippen LogP contribution in [-0.4, -0.2) is 38.9 Å². The molecule has 2 amide bonds. The number of carbonyl (C=O) groups excluding carboxylic acids is 2. The van der Waals surface area contributed by atoms with E-state index < -0.39 is 23.6 Å². The number of rotatable bonds is 10. The molecule has 0 fully saturated rings. The molecule has 0 unspecified atom stereocenters. The van der Waals surface area contributed by atoms with Crippen LogP contribution in [0.4, 0.5) is 18.9 Å². The molecule has 0 saturated carbocycles. The molecule has 1 heterocycles. The molecule has 3 aromatic carbocycles. The summed E-state index contributed by atoms with van der Waals surface area (Å²) in [4.78, 5) is 25.4. The maximum absolute atomic E-state index is 13.1. The van der Waals surface area contributed by atoms with E-state index in [0.717, 1.165) is 30.0 Å². The monoisotopic (exact) mass is 657 g/mol. The van der Waals surface area contributed by atoms with Crippen molar-refractivity contribution in [3.8, 4) is 11.4 Å². The van der Waals surface area contributed by atoms with Gasteiger partial charge in [-0.2, -0.15) is 13.2 Å². The summed E-state index contributed by atoms with van der Waals surface area (Å²) in [5.74, 6) is -0.345. The number of ether oxygens (including phenoxy) is 1. The summed E-state index contributed by atoms with van der Waals surface area (Å²) in [6.07, 6.45) is -4.60. The third-order valence-electron chi connectivity index (χ3n) is 5.59. The maximum atomic E-state index is 13.1. The van der Waals surface area contributed by atoms with E-state index >= 15 is 0 Å². The molecule has 4 aromatic rings. The van der Waals surface area contributed by atoms with E-state index in [1.165, 1.54) is 18.2 Å². The van der Waals surface area contributed by atoms with Gasteiger partial charge in [-0.15, -0.1) is 10.2 Å². The van der Waals surface area contributed by atoms with Crippen molar-refractivity contribution in [2.45, 2.75) is 24.8 Å². The van der Waals surface area contributed by atoms with Gasteiger partial charge in [0.1, 0.15) is 5.75 Å². The molecule has 0 aliphatic rings. The lowest BCUT2D eigenvalue weighted by atomic mass is 10.2. The predicted octanol–water partition coefficient (Wildman–Crippen LogP) is 7.31. The molecule has 0 aliphatic carbocycles. The van der Waals surface area contributed by atoms with Crippen molar-refractivity contribution in [2.75, 3.05) is 17.7 Å². The molecular formula is C27H21Cl3F3N5O3S. The summed E-state index contributed by atoms with van der Waals surface area (Å²) in [5.41, 5.74) is -0.292. The SMILES string of the molecule is CCOc1ccc(-n2c(CNC(=O)c3ccc(Cl)cc3Cl)nnc2SCC(=O)Nc2cc(C(F)(F)F)ccc2Cl)cc1. The molecule has 0 atom stereocenters. The van der Waals surface area contributed by atoms with Crippen molar-refractivity contribution in [1.29, 1.82) is 0 Å². The Morgan fingerprint density at radius 1 is 0.976 bits per heavy atom. The third-order valence-corrected chi connectivity index (χ3v) is 7.40. The molecule has 0 aliphatic heterocycles. The second-order valence-corrected chi connectivity index (χ2v) is 10.7. The zero-order chi connectivity index (χ0) is 30.4. The predicted molar refractivity (Wildman–Crippen MR) is 156 cm³/mol. The lowest BCUT2D eigenvalue weighted by molar-refractivity contribution is -0.137. The van der Waals surface area contributed by atoms with Gasteiger partial charge in [-0.3, -0.25) is 14.2 Å². The number of hydrogen-bond acceptors (Lipinski definition) is 6. The van der Waals surface area contributed by atoms with E-state index in [0.29, 0.717) is 34.0 Å². The van der Waals surface area contributed by atoms with Gasteiger partial charge in [0.25, 0.3) is 5.91 Å². The van der Waals surface area contributed by atoms with Gasteiger partial charge in [0, 0.05) is 10.7 Å². The fourth-order valence-corrected chi connectivity index (χ4v) is 5.10. The van der Waals surface area contributed by atoms with Gasteiger partial charge in [-0.1, -0.05) is 46.6 Å². The molecular weight excluding hydrogens is 638 g/mol. The highest BCUT2D eigenvalue weighted by atomic mass is 35.5. The Bertz CT molecular complexity index is 1600. The average Bonchev–Trinajstić information content (AvgIpc) is 3.34. The van der Waals surface area contributed by atoms with Crippen LogP contribution in [0.3, 0.4) is 0 Å². The smallest absolute Gasteiger partial charge is 0.416 e. The number of amides is 2. The van der Waals surface area contributed by atoms with E-state index in [2.05, 4.69) is 20.8 Å². The summed E-state index contributed by atoms with van der Waals surface area (Å²) >= 11 is 19.1. The Morgan fingerprint density at radius 2 is 1.71 bits per heavy atom. The second kappa shape index (κ2) is 13.7. The maximum Gasteiger partial charge on any atom is 0.416 e. The third kappa shape index (κ3) is 7.88. The highest BCUT2D eigenvalue weighted by Gasteiger charge is 2.31. The second-order valence-electron chi connectivity index (χ2n) is 8.50. The van der Waals surface area contributed by atoms with Crippen molar-refractivity contribution in [2.24, 2.45) is 0 Å². The number of hydrogen-bond donors (Lipinski definition) is 2. The first-order chi connectivity index (χ1) is 20.0. The fraction of sp³-hybridized carbons (Fsp3) is 0.185. The first kappa shape index (κ1) is 31.5. The van der Waals surface area contributed by atoms with Crippen LogP contribution >= 0.6 is 46.6 Å². The molecule has 1 aromatic heterocycles. The van der Waals surface area contributed by atoms with E-state index in [-0.39, 0.29) is 33.6 Å². The largest absolute Gasteiger partial charge is 0.494 e. The lowest BCUT2D eigenvalue weighted by Gasteiger charge is -2.13. The summed E-state index contributed by atoms with van der Waals surface area (Å²) in [6, 6.07) is 14.1. The Balaban J connectivity index is 1.53. The summed E-state index contributed by atoms with van der Waals surface area (Å²) in [6.45, 7) is 2.28. The van der Waals surface area contributed by atoms with Gasteiger partial charge in [0.15, 0.2) is 11.0 Å². The molecule has 0 spiro atoms. The van der Waals surface area contributed by atoms with Crippen molar-refractivity contribution in [3.63, 3.8) is 0 Å². The Morgan fingerprint density at radius 3 is 2.38 bits per heavy atom. The van der Waals surface area contributed by atoms with Crippen LogP contribution in [0, 0.1) is 0 Å². The number of carbonyl (C=O) groups is 2. The molecule has 0 bridgehead atoms. The Hall–Kier alpha value is -3.45. The zero-order valence-corrected chi connectivity index (χ0v) is 24.7. The van der Waals surface area contributed by atoms with Gasteiger partial charge in [-0.25, -0.2) is 0 Å². The number of alkyl halides is 3. The van der Waals surface area contributed by atoms with Crippen LogP contribution in [0.1, 0.15) is 28.7 Å². The van der Waals surface area contributed by atoms with Crippen LogP contribution in [0.25, 0.3) is 5.69 Å². The van der Waals surface area contributed by atoms with Crippen molar-refractivity contribution in [3.05, 3.63) is 92.7 Å². The summed E-state index contributed by atoms with van der Waals surface area (Å²) in [7, 11) is 0. The van der Waals surface area contributed by atoms with Crippen LogP contribution in [0.15, 0.2) is 65.8 Å². The number of nitrogens with one attached hydrogen (secondary N) is 2. The van der Waals surface area contributed by atoms with Crippen LogP contribution in [0.2, 0.25) is 15.1 Å². The minimum atomic E-state index is -4.60. The van der Waals surface area contributed by atoms with Crippen LogP contribution in [-0.2, 0) is 17.5 Å². The number of halogens is 6. The average molecular weight is 659 g/mol. The van der Waals surface area contributed by atoms with Gasteiger partial charge < -0.3 is 15.4 Å². The summed E-state index contributed by atoms with van der Waals surface area (Å²) < 4.78 is 46.4.